The van der Waals surface area contributed by atoms with Crippen molar-refractivity contribution in [1.82, 2.24) is 5.32 Å². The van der Waals surface area contributed by atoms with Crippen molar-refractivity contribution in [3.8, 4) is 5.75 Å². The topological polar surface area (TPSA) is 21.3 Å². The Morgan fingerprint density at radius 1 is 1.33 bits per heavy atom. The van der Waals surface area contributed by atoms with E-state index in [1.807, 2.05) is 0 Å². The molecule has 1 aliphatic carbocycles. The van der Waals surface area contributed by atoms with Gasteiger partial charge >= 0.3 is 0 Å². The molecule has 0 aliphatic heterocycles. The Hall–Kier alpha value is -1.02. The molecule has 2 rings (SSSR count). The van der Waals surface area contributed by atoms with E-state index in [0.29, 0.717) is 12.1 Å². The fourth-order valence-electron chi connectivity index (χ4n) is 2.30. The quantitative estimate of drug-likeness (QED) is 0.784. The third-order valence-corrected chi connectivity index (χ3v) is 3.66. The fraction of sp³-hybridized carbons (Fsp3) is 0.625. The van der Waals surface area contributed by atoms with Crippen molar-refractivity contribution < 1.29 is 4.74 Å². The largest absolute Gasteiger partial charge is 0.490 e. The first kappa shape index (κ1) is 13.4. The van der Waals surface area contributed by atoms with Gasteiger partial charge in [0.1, 0.15) is 5.75 Å². The van der Waals surface area contributed by atoms with Crippen molar-refractivity contribution in [2.75, 3.05) is 6.54 Å². The van der Waals surface area contributed by atoms with Gasteiger partial charge in [-0.1, -0.05) is 26.0 Å². The summed E-state index contributed by atoms with van der Waals surface area (Å²) in [4.78, 5) is 0. The van der Waals surface area contributed by atoms with Crippen molar-refractivity contribution in [3.63, 3.8) is 0 Å². The van der Waals surface area contributed by atoms with Crippen LogP contribution in [0.2, 0.25) is 0 Å². The molecule has 0 bridgehead atoms. The highest BCUT2D eigenvalue weighted by Gasteiger charge is 2.19. The molecule has 0 aromatic heterocycles. The SMILES string of the molecule is CCCNC(CC)c1cccc(OC2CCC2)c1. The molecule has 0 heterocycles. The number of rotatable bonds is 7. The molecule has 1 fully saturated rings. The average molecular weight is 247 g/mol. The van der Waals surface area contributed by atoms with E-state index < -0.39 is 0 Å². The maximum absolute atomic E-state index is 5.96. The molecule has 18 heavy (non-hydrogen) atoms. The summed E-state index contributed by atoms with van der Waals surface area (Å²) in [6.07, 6.45) is 6.51. The Kier molecular flexibility index (Phi) is 5.06. The molecule has 1 saturated carbocycles. The highest BCUT2D eigenvalue weighted by atomic mass is 16.5. The smallest absolute Gasteiger partial charge is 0.120 e. The first-order valence-electron chi connectivity index (χ1n) is 7.33. The van der Waals surface area contributed by atoms with Crippen LogP contribution in [0.4, 0.5) is 0 Å². The van der Waals surface area contributed by atoms with E-state index >= 15 is 0 Å². The molecule has 0 saturated heterocycles. The maximum atomic E-state index is 5.96. The average Bonchev–Trinajstić information content (AvgIpc) is 2.35. The van der Waals surface area contributed by atoms with Gasteiger partial charge in [0.2, 0.25) is 0 Å². The highest BCUT2D eigenvalue weighted by molar-refractivity contribution is 5.31. The zero-order valence-corrected chi connectivity index (χ0v) is 11.6. The number of ether oxygens (including phenoxy) is 1. The van der Waals surface area contributed by atoms with Crippen LogP contribution < -0.4 is 10.1 Å². The standard InChI is InChI=1S/C16H25NO/c1-3-11-17-16(4-2)13-7-5-10-15(12-13)18-14-8-6-9-14/h5,7,10,12,14,16-17H,3-4,6,8-9,11H2,1-2H3. The molecule has 0 amide bonds. The summed E-state index contributed by atoms with van der Waals surface area (Å²) in [5.74, 6) is 1.04. The van der Waals surface area contributed by atoms with Crippen molar-refractivity contribution in [2.24, 2.45) is 0 Å². The summed E-state index contributed by atoms with van der Waals surface area (Å²) in [5, 5.41) is 3.59. The predicted octanol–water partition coefficient (Wildman–Crippen LogP) is 4.07. The first-order valence-corrected chi connectivity index (χ1v) is 7.33. The van der Waals surface area contributed by atoms with Crippen LogP contribution in [-0.4, -0.2) is 12.6 Å². The summed E-state index contributed by atoms with van der Waals surface area (Å²) >= 11 is 0. The van der Waals surface area contributed by atoms with Gasteiger partial charge in [-0.05, 0) is 56.3 Å². The minimum absolute atomic E-state index is 0.454. The van der Waals surface area contributed by atoms with Crippen molar-refractivity contribution in [2.45, 2.75) is 58.1 Å². The Morgan fingerprint density at radius 3 is 2.78 bits per heavy atom. The lowest BCUT2D eigenvalue weighted by molar-refractivity contribution is 0.120. The van der Waals surface area contributed by atoms with Crippen molar-refractivity contribution in [1.29, 1.82) is 0 Å². The third kappa shape index (κ3) is 3.49. The van der Waals surface area contributed by atoms with Gasteiger partial charge in [0.05, 0.1) is 6.10 Å². The second-order valence-corrected chi connectivity index (χ2v) is 5.16. The number of hydrogen-bond donors (Lipinski definition) is 1. The molecule has 2 nitrogen and oxygen atoms in total. The van der Waals surface area contributed by atoms with E-state index in [2.05, 4.69) is 43.4 Å². The minimum Gasteiger partial charge on any atom is -0.490 e. The molecule has 1 N–H and O–H groups in total. The molecule has 1 unspecified atom stereocenters. The molecular formula is C16H25NO. The van der Waals surface area contributed by atoms with E-state index in [-0.39, 0.29) is 0 Å². The second-order valence-electron chi connectivity index (χ2n) is 5.16. The lowest BCUT2D eigenvalue weighted by Gasteiger charge is -2.27. The van der Waals surface area contributed by atoms with Gasteiger partial charge in [0.25, 0.3) is 0 Å². The second kappa shape index (κ2) is 6.79. The summed E-state index contributed by atoms with van der Waals surface area (Å²) in [7, 11) is 0. The Labute approximate surface area is 111 Å². The summed E-state index contributed by atoms with van der Waals surface area (Å²) in [5.41, 5.74) is 1.35. The van der Waals surface area contributed by atoms with Crippen LogP contribution in [0.3, 0.4) is 0 Å². The molecule has 2 heteroatoms. The van der Waals surface area contributed by atoms with E-state index in [0.717, 1.165) is 18.7 Å². The molecule has 1 atom stereocenters. The molecule has 0 spiro atoms. The molecule has 1 aromatic rings. The molecule has 1 aromatic carbocycles. The molecule has 100 valence electrons. The number of benzene rings is 1. The monoisotopic (exact) mass is 247 g/mol. The van der Waals surface area contributed by atoms with Crippen LogP contribution in [0.25, 0.3) is 0 Å². The van der Waals surface area contributed by atoms with Crippen molar-refractivity contribution >= 4 is 0 Å². The third-order valence-electron chi connectivity index (χ3n) is 3.66. The van der Waals surface area contributed by atoms with Crippen LogP contribution in [0, 0.1) is 0 Å². The minimum atomic E-state index is 0.454. The van der Waals surface area contributed by atoms with Crippen LogP contribution in [-0.2, 0) is 0 Å². The summed E-state index contributed by atoms with van der Waals surface area (Å²) in [6, 6.07) is 9.04. The Bertz CT molecular complexity index is 360. The Balaban J connectivity index is 1.99. The normalized spacial score (nSPS) is 17.2. The molecular weight excluding hydrogens is 222 g/mol. The van der Waals surface area contributed by atoms with Gasteiger partial charge in [-0.25, -0.2) is 0 Å². The zero-order valence-electron chi connectivity index (χ0n) is 11.6. The van der Waals surface area contributed by atoms with E-state index in [4.69, 9.17) is 4.74 Å². The van der Waals surface area contributed by atoms with Gasteiger partial charge in [0.15, 0.2) is 0 Å². The molecule has 0 radical (unpaired) electrons. The predicted molar refractivity (Wildman–Crippen MR) is 76.0 cm³/mol. The van der Waals surface area contributed by atoms with Crippen molar-refractivity contribution in [3.05, 3.63) is 29.8 Å². The van der Waals surface area contributed by atoms with Gasteiger partial charge in [0, 0.05) is 6.04 Å². The van der Waals surface area contributed by atoms with Gasteiger partial charge < -0.3 is 10.1 Å². The van der Waals surface area contributed by atoms with Gasteiger partial charge in [-0.2, -0.15) is 0 Å². The van der Waals surface area contributed by atoms with E-state index in [1.54, 1.807) is 0 Å². The van der Waals surface area contributed by atoms with E-state index in [1.165, 1.54) is 31.2 Å². The lowest BCUT2D eigenvalue weighted by atomic mass is 9.96. The highest BCUT2D eigenvalue weighted by Crippen LogP contribution is 2.27. The van der Waals surface area contributed by atoms with Gasteiger partial charge in [-0.15, -0.1) is 0 Å². The summed E-state index contributed by atoms with van der Waals surface area (Å²) in [6.45, 7) is 5.51. The molecule has 1 aliphatic rings. The lowest BCUT2D eigenvalue weighted by Crippen LogP contribution is -2.25. The van der Waals surface area contributed by atoms with Crippen LogP contribution >= 0.6 is 0 Å². The fourth-order valence-corrected chi connectivity index (χ4v) is 2.30. The first-order chi connectivity index (χ1) is 8.83. The number of hydrogen-bond acceptors (Lipinski definition) is 2. The van der Waals surface area contributed by atoms with E-state index in [9.17, 15) is 0 Å². The summed E-state index contributed by atoms with van der Waals surface area (Å²) < 4.78 is 5.96. The maximum Gasteiger partial charge on any atom is 0.120 e. The van der Waals surface area contributed by atoms with Crippen LogP contribution in [0.15, 0.2) is 24.3 Å². The van der Waals surface area contributed by atoms with Crippen LogP contribution in [0.5, 0.6) is 5.75 Å². The Morgan fingerprint density at radius 2 is 2.17 bits per heavy atom. The number of nitrogens with one attached hydrogen (secondary N) is 1. The zero-order chi connectivity index (χ0) is 12.8. The van der Waals surface area contributed by atoms with Crippen LogP contribution in [0.1, 0.15) is 57.6 Å². The van der Waals surface area contributed by atoms with Gasteiger partial charge in [-0.3, -0.25) is 0 Å².